The van der Waals surface area contributed by atoms with Crippen LogP contribution >= 0.6 is 0 Å². The minimum atomic E-state index is -0.0255. The zero-order valence-corrected chi connectivity index (χ0v) is 20.5. The second-order valence-corrected chi connectivity index (χ2v) is 8.93. The van der Waals surface area contributed by atoms with Crippen LogP contribution in [0.25, 0.3) is 23.0 Å². The summed E-state index contributed by atoms with van der Waals surface area (Å²) in [6.07, 6.45) is 9.15. The van der Waals surface area contributed by atoms with Gasteiger partial charge in [0, 0.05) is 40.8 Å². The molecule has 4 aromatic rings. The van der Waals surface area contributed by atoms with Gasteiger partial charge in [-0.05, 0) is 74.8 Å². The summed E-state index contributed by atoms with van der Waals surface area (Å²) in [5, 5.41) is 9.86. The third kappa shape index (κ3) is 4.67. The summed E-state index contributed by atoms with van der Waals surface area (Å²) in [6.45, 7) is 7.72. The van der Waals surface area contributed by atoms with Gasteiger partial charge < -0.3 is 20.7 Å². The number of rotatable bonds is 7. The van der Waals surface area contributed by atoms with Crippen molar-refractivity contribution in [2.45, 2.75) is 25.8 Å². The van der Waals surface area contributed by atoms with E-state index in [1.54, 1.807) is 19.4 Å². The fourth-order valence-corrected chi connectivity index (χ4v) is 4.64. The molecule has 1 fully saturated rings. The summed E-state index contributed by atoms with van der Waals surface area (Å²) < 4.78 is 7.41. The first-order valence-electron chi connectivity index (χ1n) is 12.1. The van der Waals surface area contributed by atoms with Crippen molar-refractivity contribution in [3.05, 3.63) is 78.3 Å². The smallest absolute Gasteiger partial charge is 0.251 e. The van der Waals surface area contributed by atoms with Crippen molar-refractivity contribution >= 4 is 29.1 Å². The quantitative estimate of drug-likeness (QED) is 0.357. The van der Waals surface area contributed by atoms with Crippen molar-refractivity contribution in [3.63, 3.8) is 0 Å². The molecule has 0 saturated carbocycles. The number of methoxy groups -OCH3 is 1. The number of carbonyl (C=O) groups is 1. The SMILES string of the molecule is C=Cc1cc(-c2cnc3c(Nc4ccc(C(=O)NC5CCNCC5)c(C)c4)nccn23)ccc1OC. The minimum Gasteiger partial charge on any atom is -0.496 e. The maximum Gasteiger partial charge on any atom is 0.251 e. The Labute approximate surface area is 210 Å². The van der Waals surface area contributed by atoms with Crippen LogP contribution in [-0.2, 0) is 0 Å². The average Bonchev–Trinajstić information content (AvgIpc) is 3.34. The number of carbonyl (C=O) groups excluding carboxylic acids is 1. The molecule has 0 aliphatic carbocycles. The van der Waals surface area contributed by atoms with E-state index in [1.807, 2.05) is 60.1 Å². The lowest BCUT2D eigenvalue weighted by Gasteiger charge is -2.24. The Morgan fingerprint density at radius 3 is 2.78 bits per heavy atom. The van der Waals surface area contributed by atoms with Crippen LogP contribution in [0.1, 0.15) is 34.3 Å². The van der Waals surface area contributed by atoms with Gasteiger partial charge in [-0.3, -0.25) is 9.20 Å². The number of ether oxygens (including phenoxy) is 1. The fraction of sp³-hybridized carbons (Fsp3) is 0.250. The van der Waals surface area contributed by atoms with Crippen molar-refractivity contribution in [3.8, 4) is 17.0 Å². The first-order valence-corrected chi connectivity index (χ1v) is 12.1. The molecule has 2 aromatic carbocycles. The highest BCUT2D eigenvalue weighted by atomic mass is 16.5. The molecule has 36 heavy (non-hydrogen) atoms. The summed E-state index contributed by atoms with van der Waals surface area (Å²) in [5.74, 6) is 1.38. The van der Waals surface area contributed by atoms with E-state index in [9.17, 15) is 4.79 Å². The van der Waals surface area contributed by atoms with Crippen molar-refractivity contribution < 1.29 is 9.53 Å². The van der Waals surface area contributed by atoms with Gasteiger partial charge in [0.15, 0.2) is 11.5 Å². The van der Waals surface area contributed by atoms with E-state index < -0.39 is 0 Å². The van der Waals surface area contributed by atoms with Crippen LogP contribution in [0.5, 0.6) is 5.75 Å². The highest BCUT2D eigenvalue weighted by molar-refractivity contribution is 5.96. The van der Waals surface area contributed by atoms with Crippen LogP contribution in [0.4, 0.5) is 11.5 Å². The van der Waals surface area contributed by atoms with Crippen molar-refractivity contribution in [2.75, 3.05) is 25.5 Å². The first kappa shape index (κ1) is 23.6. The molecule has 2 aromatic heterocycles. The second kappa shape index (κ2) is 10.2. The molecule has 0 unspecified atom stereocenters. The van der Waals surface area contributed by atoms with Crippen LogP contribution in [0.2, 0.25) is 0 Å². The maximum atomic E-state index is 12.8. The fourth-order valence-electron chi connectivity index (χ4n) is 4.64. The molecule has 3 heterocycles. The molecular weight excluding hydrogens is 452 g/mol. The number of imidazole rings is 1. The number of piperidine rings is 1. The van der Waals surface area contributed by atoms with E-state index in [-0.39, 0.29) is 11.9 Å². The van der Waals surface area contributed by atoms with E-state index in [0.717, 1.165) is 59.8 Å². The molecule has 1 aliphatic rings. The molecule has 184 valence electrons. The average molecular weight is 483 g/mol. The van der Waals surface area contributed by atoms with Crippen LogP contribution < -0.4 is 20.7 Å². The maximum absolute atomic E-state index is 12.8. The van der Waals surface area contributed by atoms with E-state index in [0.29, 0.717) is 17.0 Å². The molecular formula is C28H30N6O2. The number of nitrogens with zero attached hydrogens (tertiary/aromatic N) is 3. The third-order valence-corrected chi connectivity index (χ3v) is 6.58. The predicted octanol–water partition coefficient (Wildman–Crippen LogP) is 4.58. The number of hydrogen-bond acceptors (Lipinski definition) is 6. The number of aromatic nitrogens is 3. The lowest BCUT2D eigenvalue weighted by atomic mass is 10.0. The Kier molecular flexibility index (Phi) is 6.69. The monoisotopic (exact) mass is 482 g/mol. The zero-order valence-electron chi connectivity index (χ0n) is 20.5. The molecule has 1 aliphatic heterocycles. The topological polar surface area (TPSA) is 92.6 Å². The molecule has 5 rings (SSSR count). The molecule has 0 spiro atoms. The summed E-state index contributed by atoms with van der Waals surface area (Å²) in [6, 6.07) is 11.9. The van der Waals surface area contributed by atoms with Crippen LogP contribution in [0.3, 0.4) is 0 Å². The summed E-state index contributed by atoms with van der Waals surface area (Å²) in [5.41, 5.74) is 5.97. The number of nitrogens with one attached hydrogen (secondary N) is 3. The molecule has 1 amide bonds. The lowest BCUT2D eigenvalue weighted by Crippen LogP contribution is -2.42. The van der Waals surface area contributed by atoms with Gasteiger partial charge in [-0.25, -0.2) is 9.97 Å². The number of hydrogen-bond donors (Lipinski definition) is 3. The number of fused-ring (bicyclic) bond motifs is 1. The van der Waals surface area contributed by atoms with Gasteiger partial charge in [-0.1, -0.05) is 12.7 Å². The van der Waals surface area contributed by atoms with E-state index in [1.165, 1.54) is 0 Å². The third-order valence-electron chi connectivity index (χ3n) is 6.58. The summed E-state index contributed by atoms with van der Waals surface area (Å²) in [4.78, 5) is 22.0. The first-order chi connectivity index (χ1) is 17.6. The van der Waals surface area contributed by atoms with Crippen LogP contribution in [0, 0.1) is 6.92 Å². The van der Waals surface area contributed by atoms with Gasteiger partial charge in [-0.2, -0.15) is 0 Å². The second-order valence-electron chi connectivity index (χ2n) is 8.93. The Morgan fingerprint density at radius 2 is 2.03 bits per heavy atom. The lowest BCUT2D eigenvalue weighted by molar-refractivity contribution is 0.0929. The minimum absolute atomic E-state index is 0.0255. The zero-order chi connectivity index (χ0) is 25.1. The Bertz CT molecular complexity index is 1420. The number of benzene rings is 2. The molecule has 8 heteroatoms. The van der Waals surface area contributed by atoms with Crippen molar-refractivity contribution in [1.82, 2.24) is 25.0 Å². The van der Waals surface area contributed by atoms with Gasteiger partial charge in [0.1, 0.15) is 5.75 Å². The van der Waals surface area contributed by atoms with Gasteiger partial charge in [0.25, 0.3) is 5.91 Å². The van der Waals surface area contributed by atoms with Gasteiger partial charge in [0.05, 0.1) is 19.0 Å². The van der Waals surface area contributed by atoms with Crippen LogP contribution in [0.15, 0.2) is 61.6 Å². The standard InChI is InChI=1S/C28H30N6O2/c1-4-19-16-20(5-8-25(19)36-3)24-17-31-27-26(30-13-14-34(24)27)32-22-6-7-23(18(2)15-22)28(35)33-21-9-11-29-12-10-21/h4-8,13-17,21,29H,1,9-12H2,2-3H3,(H,30,32)(H,33,35). The molecule has 0 bridgehead atoms. The highest BCUT2D eigenvalue weighted by Gasteiger charge is 2.18. The molecule has 3 N–H and O–H groups in total. The largest absolute Gasteiger partial charge is 0.496 e. The van der Waals surface area contributed by atoms with Crippen molar-refractivity contribution in [2.24, 2.45) is 0 Å². The number of amides is 1. The Morgan fingerprint density at radius 1 is 1.19 bits per heavy atom. The van der Waals surface area contributed by atoms with E-state index >= 15 is 0 Å². The van der Waals surface area contributed by atoms with E-state index in [2.05, 4.69) is 32.5 Å². The van der Waals surface area contributed by atoms with Crippen LogP contribution in [-0.4, -0.2) is 46.5 Å². The molecule has 1 saturated heterocycles. The summed E-state index contributed by atoms with van der Waals surface area (Å²) >= 11 is 0. The van der Waals surface area contributed by atoms with Crippen molar-refractivity contribution in [1.29, 1.82) is 0 Å². The number of anilines is 2. The highest BCUT2D eigenvalue weighted by Crippen LogP contribution is 2.30. The predicted molar refractivity (Wildman–Crippen MR) is 143 cm³/mol. The molecule has 0 radical (unpaired) electrons. The molecule has 8 nitrogen and oxygen atoms in total. The summed E-state index contributed by atoms with van der Waals surface area (Å²) in [7, 11) is 1.65. The van der Waals surface area contributed by atoms with Gasteiger partial charge in [0.2, 0.25) is 0 Å². The van der Waals surface area contributed by atoms with E-state index in [4.69, 9.17) is 4.74 Å². The Hall–Kier alpha value is -4.17. The van der Waals surface area contributed by atoms with Gasteiger partial charge in [-0.15, -0.1) is 0 Å². The Balaban J connectivity index is 1.38. The normalized spacial score (nSPS) is 13.9. The van der Waals surface area contributed by atoms with Gasteiger partial charge >= 0.3 is 0 Å². The molecule has 0 atom stereocenters. The number of aryl methyl sites for hydroxylation is 1.